The lowest BCUT2D eigenvalue weighted by molar-refractivity contribution is -0.0133. The Kier molecular flexibility index (Phi) is 14.1. The second-order valence-corrected chi connectivity index (χ2v) is 12.9. The molecule has 0 saturated heterocycles. The van der Waals surface area contributed by atoms with Crippen molar-refractivity contribution in [3.63, 3.8) is 0 Å². The van der Waals surface area contributed by atoms with Gasteiger partial charge in [0, 0.05) is 23.6 Å². The highest BCUT2D eigenvalue weighted by molar-refractivity contribution is 9.09. The molecule has 4 aromatic heterocycles. The number of Topliss-reactive ketones (excluding diaryl/α,β-unsaturated/α-hetero) is 1. The van der Waals surface area contributed by atoms with Gasteiger partial charge in [0.25, 0.3) is 0 Å². The van der Waals surface area contributed by atoms with Gasteiger partial charge in [-0.15, -0.1) is 0 Å². The maximum absolute atomic E-state index is 14.4. The van der Waals surface area contributed by atoms with Crippen LogP contribution in [0.2, 0.25) is 10.3 Å². The van der Waals surface area contributed by atoms with Gasteiger partial charge < -0.3 is 5.11 Å². The van der Waals surface area contributed by atoms with Gasteiger partial charge in [-0.05, 0) is 25.1 Å². The zero-order valence-electron chi connectivity index (χ0n) is 27.2. The molecule has 2 aromatic carbocycles. The number of nitrogens with zero attached hydrogens (tertiary/aromatic N) is 10. The molecule has 0 spiro atoms. The zero-order chi connectivity index (χ0) is 38.9. The molecule has 278 valence electrons. The van der Waals surface area contributed by atoms with Gasteiger partial charge >= 0.3 is 0 Å². The van der Waals surface area contributed by atoms with Crippen molar-refractivity contribution in [1.82, 2.24) is 49.5 Å². The molecule has 6 rings (SSSR count). The summed E-state index contributed by atoms with van der Waals surface area (Å²) in [4.78, 5) is 33.4. The van der Waals surface area contributed by atoms with Gasteiger partial charge in [-0.25, -0.2) is 65.6 Å². The first-order chi connectivity index (χ1) is 25.1. The second-order valence-electron chi connectivity index (χ2n) is 10.8. The lowest BCUT2D eigenvalue weighted by Gasteiger charge is -2.34. The second kappa shape index (κ2) is 18.3. The Hall–Kier alpha value is -4.85. The number of halogens is 9. The average molecular weight is 846 g/mol. The standard InChI is InChI=1S/C16H13ClF3N5O.C10H7F2N3O.C6H5BrClFN2/c1-9(14-13(20)15(17)23-7-22-14)16(26,5-25-8-21-6-24-25)11-3-2-10(18)4-12(11)19;11-7-1-2-8(9(12)3-7)10(16)4-15-6-13-5-14-15;1-3(7)5-4(9)6(8)11-2-10-5/h2-4,6-9,26H,5H2,1H3;1-3,5-6H,4H2;2-3H,1H3. The van der Waals surface area contributed by atoms with E-state index in [-0.39, 0.29) is 45.6 Å². The summed E-state index contributed by atoms with van der Waals surface area (Å²) in [6.07, 6.45) is 7.43. The predicted molar refractivity (Wildman–Crippen MR) is 181 cm³/mol. The number of ketones is 1. The van der Waals surface area contributed by atoms with Crippen LogP contribution in [0.15, 0.2) is 74.4 Å². The normalized spacial score (nSPS) is 13.1. The van der Waals surface area contributed by atoms with E-state index in [1.165, 1.54) is 47.9 Å². The Bertz CT molecular complexity index is 2150. The lowest BCUT2D eigenvalue weighted by Crippen LogP contribution is -2.39. The first kappa shape index (κ1) is 40.9. The monoisotopic (exact) mass is 844 g/mol. The zero-order valence-corrected chi connectivity index (χ0v) is 30.3. The van der Waals surface area contributed by atoms with Crippen LogP contribution in [0.5, 0.6) is 0 Å². The minimum atomic E-state index is -2.02. The molecule has 0 aliphatic carbocycles. The fourth-order valence-corrected chi connectivity index (χ4v) is 5.25. The summed E-state index contributed by atoms with van der Waals surface area (Å²) in [6, 6.07) is 5.56. The van der Waals surface area contributed by atoms with Crippen LogP contribution in [0.1, 0.15) is 51.9 Å². The van der Waals surface area contributed by atoms with Crippen molar-refractivity contribution in [2.75, 3.05) is 0 Å². The third kappa shape index (κ3) is 10.4. The summed E-state index contributed by atoms with van der Waals surface area (Å²) in [7, 11) is 0. The van der Waals surface area contributed by atoms with Crippen molar-refractivity contribution in [1.29, 1.82) is 0 Å². The first-order valence-electron chi connectivity index (χ1n) is 14.9. The third-order valence-electron chi connectivity index (χ3n) is 7.32. The Balaban J connectivity index is 0.000000197. The first-order valence-corrected chi connectivity index (χ1v) is 16.6. The minimum absolute atomic E-state index is 0.122. The Morgan fingerprint density at radius 2 is 1.30 bits per heavy atom. The Morgan fingerprint density at radius 1 is 0.774 bits per heavy atom. The Labute approximate surface area is 315 Å². The number of aliphatic hydroxyl groups is 1. The van der Waals surface area contributed by atoms with Gasteiger partial charge in [0.15, 0.2) is 27.7 Å². The molecule has 3 atom stereocenters. The third-order valence-corrected chi connectivity index (χ3v) is 8.28. The van der Waals surface area contributed by atoms with Crippen molar-refractivity contribution >= 4 is 44.9 Å². The largest absolute Gasteiger partial charge is 0.382 e. The van der Waals surface area contributed by atoms with Crippen molar-refractivity contribution in [2.24, 2.45) is 0 Å². The average Bonchev–Trinajstić information content (AvgIpc) is 3.82. The number of carbonyl (C=O) groups excluding carboxylic acids is 1. The molecular weight excluding hydrogens is 821 g/mol. The molecule has 0 amide bonds. The molecule has 0 bridgehead atoms. The van der Waals surface area contributed by atoms with E-state index in [0.717, 1.165) is 30.6 Å². The van der Waals surface area contributed by atoms with Crippen molar-refractivity contribution in [2.45, 2.75) is 43.3 Å². The van der Waals surface area contributed by atoms with E-state index in [9.17, 15) is 36.2 Å². The number of rotatable bonds is 9. The van der Waals surface area contributed by atoms with E-state index in [0.29, 0.717) is 12.1 Å². The summed E-state index contributed by atoms with van der Waals surface area (Å²) in [5.41, 5.74) is -2.35. The topological polar surface area (TPSA) is 150 Å². The van der Waals surface area contributed by atoms with Crippen LogP contribution in [-0.4, -0.2) is 60.4 Å². The highest BCUT2D eigenvalue weighted by Crippen LogP contribution is 2.40. The van der Waals surface area contributed by atoms with Gasteiger partial charge in [0.1, 0.15) is 73.4 Å². The predicted octanol–water partition coefficient (Wildman–Crippen LogP) is 6.99. The molecule has 0 aliphatic heterocycles. The summed E-state index contributed by atoms with van der Waals surface area (Å²) in [6.45, 7) is 2.81. The summed E-state index contributed by atoms with van der Waals surface area (Å²) in [5.74, 6) is -6.42. The number of benzene rings is 2. The number of aromatic nitrogens is 10. The van der Waals surface area contributed by atoms with Crippen LogP contribution in [0.3, 0.4) is 0 Å². The van der Waals surface area contributed by atoms with Crippen LogP contribution in [0, 0.1) is 34.9 Å². The quantitative estimate of drug-likeness (QED) is 0.0698. The van der Waals surface area contributed by atoms with Crippen LogP contribution >= 0.6 is 39.1 Å². The fourth-order valence-electron chi connectivity index (χ4n) is 4.65. The molecule has 1 N–H and O–H groups in total. The van der Waals surface area contributed by atoms with E-state index in [4.69, 9.17) is 23.2 Å². The lowest BCUT2D eigenvalue weighted by atomic mass is 9.79. The molecule has 6 aromatic rings. The summed E-state index contributed by atoms with van der Waals surface area (Å²) >= 11 is 14.3. The van der Waals surface area contributed by atoms with Crippen molar-refractivity contribution in [3.05, 3.63) is 142 Å². The molecule has 12 nitrogen and oxygen atoms in total. The molecular formula is C32H25BrCl2F6N10O2. The van der Waals surface area contributed by atoms with E-state index in [2.05, 4.69) is 56.0 Å². The fraction of sp³-hybridized carbons (Fsp3) is 0.219. The highest BCUT2D eigenvalue weighted by atomic mass is 79.9. The van der Waals surface area contributed by atoms with Crippen molar-refractivity contribution in [3.8, 4) is 0 Å². The SMILES string of the molecule is CC(Br)c1ncnc(Cl)c1F.CC(c1ncnc(Cl)c1F)C(O)(Cn1cncn1)c1ccc(F)cc1F.O=C(Cn1cncn1)c1ccc(F)cc1F. The number of hydrogen-bond donors (Lipinski definition) is 1. The molecule has 53 heavy (non-hydrogen) atoms. The van der Waals surface area contributed by atoms with E-state index in [1.54, 1.807) is 6.92 Å². The van der Waals surface area contributed by atoms with Crippen LogP contribution in [0.25, 0.3) is 0 Å². The molecule has 0 radical (unpaired) electrons. The van der Waals surface area contributed by atoms with Gasteiger partial charge in [-0.1, -0.05) is 52.1 Å². The molecule has 21 heteroatoms. The van der Waals surface area contributed by atoms with Gasteiger partial charge in [0.2, 0.25) is 0 Å². The van der Waals surface area contributed by atoms with Crippen LogP contribution < -0.4 is 0 Å². The van der Waals surface area contributed by atoms with E-state index in [1.807, 2.05) is 0 Å². The van der Waals surface area contributed by atoms with Crippen molar-refractivity contribution < 1.29 is 36.2 Å². The smallest absolute Gasteiger partial charge is 0.187 e. The highest BCUT2D eigenvalue weighted by Gasteiger charge is 2.42. The van der Waals surface area contributed by atoms with E-state index >= 15 is 0 Å². The number of hydrogen-bond acceptors (Lipinski definition) is 10. The molecule has 3 unspecified atom stereocenters. The van der Waals surface area contributed by atoms with Crippen LogP contribution in [0.4, 0.5) is 26.3 Å². The molecule has 0 aliphatic rings. The molecule has 0 saturated carbocycles. The molecule has 4 heterocycles. The number of alkyl halides is 1. The maximum atomic E-state index is 14.4. The summed E-state index contributed by atoms with van der Waals surface area (Å²) in [5, 5.41) is 18.4. The number of carbonyl (C=O) groups is 1. The minimum Gasteiger partial charge on any atom is -0.382 e. The van der Waals surface area contributed by atoms with Crippen LogP contribution in [-0.2, 0) is 18.7 Å². The van der Waals surface area contributed by atoms with Gasteiger partial charge in [-0.2, -0.15) is 10.2 Å². The summed E-state index contributed by atoms with van der Waals surface area (Å²) < 4.78 is 83.4. The Morgan fingerprint density at radius 3 is 1.81 bits per heavy atom. The van der Waals surface area contributed by atoms with Gasteiger partial charge in [-0.3, -0.25) is 4.79 Å². The van der Waals surface area contributed by atoms with E-state index < -0.39 is 57.4 Å². The van der Waals surface area contributed by atoms with Gasteiger partial charge in [0.05, 0.1) is 28.3 Å². The molecule has 0 fully saturated rings. The maximum Gasteiger partial charge on any atom is 0.187 e.